The van der Waals surface area contributed by atoms with Gasteiger partial charge in [-0.05, 0) is 67.9 Å². The van der Waals surface area contributed by atoms with Gasteiger partial charge in [-0.1, -0.05) is 37.1 Å². The van der Waals surface area contributed by atoms with Gasteiger partial charge in [-0.2, -0.15) is 0 Å². The molecule has 1 aliphatic carbocycles. The molecule has 0 amide bonds. The van der Waals surface area contributed by atoms with Crippen LogP contribution >= 0.6 is 12.2 Å². The number of benzene rings is 1. The third-order valence-electron chi connectivity index (χ3n) is 6.71. The van der Waals surface area contributed by atoms with Crippen LogP contribution in [0.5, 0.6) is 0 Å². The second-order valence-corrected chi connectivity index (χ2v) is 9.13. The van der Waals surface area contributed by atoms with Gasteiger partial charge in [-0.3, -0.25) is 4.98 Å². The van der Waals surface area contributed by atoms with Gasteiger partial charge in [-0.15, -0.1) is 0 Å². The van der Waals surface area contributed by atoms with Crippen LogP contribution in [-0.2, 0) is 0 Å². The van der Waals surface area contributed by atoms with Gasteiger partial charge in [0, 0.05) is 42.9 Å². The minimum Gasteiger partial charge on any atom is -0.385 e. The van der Waals surface area contributed by atoms with Crippen LogP contribution in [0.2, 0.25) is 0 Å². The summed E-state index contributed by atoms with van der Waals surface area (Å²) in [5.41, 5.74) is 3.55. The van der Waals surface area contributed by atoms with Gasteiger partial charge in [0.1, 0.15) is 0 Å². The van der Waals surface area contributed by atoms with Gasteiger partial charge in [-0.25, -0.2) is 0 Å². The summed E-state index contributed by atoms with van der Waals surface area (Å²) >= 11 is 5.85. The highest BCUT2D eigenvalue weighted by molar-refractivity contribution is 7.80. The highest BCUT2D eigenvalue weighted by Crippen LogP contribution is 2.41. The Kier molecular flexibility index (Phi) is 6.39. The van der Waals surface area contributed by atoms with E-state index >= 15 is 0 Å². The van der Waals surface area contributed by atoms with E-state index in [4.69, 9.17) is 12.2 Å². The lowest BCUT2D eigenvalue weighted by Crippen LogP contribution is -2.32. The minimum absolute atomic E-state index is 0.0563. The quantitative estimate of drug-likeness (QED) is 0.355. The van der Waals surface area contributed by atoms with Gasteiger partial charge >= 0.3 is 0 Å². The number of anilines is 1. The van der Waals surface area contributed by atoms with Crippen molar-refractivity contribution in [3.63, 3.8) is 0 Å². The van der Waals surface area contributed by atoms with E-state index in [-0.39, 0.29) is 12.1 Å². The van der Waals surface area contributed by atoms with Gasteiger partial charge in [0.2, 0.25) is 0 Å². The van der Waals surface area contributed by atoms with Crippen molar-refractivity contribution in [3.8, 4) is 0 Å². The molecular formula is C26H31N5S. The summed E-state index contributed by atoms with van der Waals surface area (Å²) in [6.45, 7) is 1.81. The maximum absolute atomic E-state index is 5.85. The second kappa shape index (κ2) is 9.74. The number of hydrogen-bond acceptors (Lipinski definition) is 3. The van der Waals surface area contributed by atoms with E-state index in [1.54, 1.807) is 0 Å². The number of nitrogens with zero attached hydrogens (tertiary/aromatic N) is 3. The molecule has 2 N–H and O–H groups in total. The van der Waals surface area contributed by atoms with Crippen molar-refractivity contribution in [3.05, 3.63) is 84.4 Å². The zero-order valence-electron chi connectivity index (χ0n) is 18.4. The van der Waals surface area contributed by atoms with Crippen LogP contribution in [0.4, 0.5) is 5.69 Å². The molecule has 1 saturated heterocycles. The Morgan fingerprint density at radius 2 is 1.81 bits per heavy atom. The fraction of sp³-hybridized carbons (Fsp3) is 0.385. The lowest BCUT2D eigenvalue weighted by atomic mass is 10.0. The van der Waals surface area contributed by atoms with E-state index in [0.717, 1.165) is 36.0 Å². The van der Waals surface area contributed by atoms with Crippen LogP contribution in [0.3, 0.4) is 0 Å². The average molecular weight is 446 g/mol. The van der Waals surface area contributed by atoms with Crippen molar-refractivity contribution in [1.29, 1.82) is 0 Å². The highest BCUT2D eigenvalue weighted by atomic mass is 32.1. The third kappa shape index (κ3) is 4.37. The maximum atomic E-state index is 5.85. The van der Waals surface area contributed by atoms with E-state index in [2.05, 4.69) is 79.8 Å². The number of nitrogens with one attached hydrogen (secondary N) is 2. The van der Waals surface area contributed by atoms with Gasteiger partial charge < -0.3 is 20.1 Å². The maximum Gasteiger partial charge on any atom is 0.170 e. The first-order chi connectivity index (χ1) is 15.8. The Hall–Kier alpha value is -2.86. The van der Waals surface area contributed by atoms with E-state index in [1.165, 1.54) is 31.4 Å². The minimum atomic E-state index is 0.0563. The first-order valence-electron chi connectivity index (χ1n) is 11.7. The molecule has 2 aliphatic rings. The number of aromatic nitrogens is 2. The third-order valence-corrected chi connectivity index (χ3v) is 7.06. The monoisotopic (exact) mass is 445 g/mol. The molecule has 1 saturated carbocycles. The van der Waals surface area contributed by atoms with Crippen molar-refractivity contribution < 1.29 is 0 Å². The van der Waals surface area contributed by atoms with Crippen molar-refractivity contribution >= 4 is 23.0 Å². The molecule has 3 aromatic rings. The van der Waals surface area contributed by atoms with Crippen LogP contribution in [0, 0.1) is 0 Å². The van der Waals surface area contributed by atoms with Crippen molar-refractivity contribution in [2.75, 3.05) is 18.4 Å². The molecule has 32 heavy (non-hydrogen) atoms. The summed E-state index contributed by atoms with van der Waals surface area (Å²) in [6.07, 6.45) is 10.3. The van der Waals surface area contributed by atoms with Crippen molar-refractivity contribution in [2.24, 2.45) is 0 Å². The van der Waals surface area contributed by atoms with E-state index in [1.807, 2.05) is 18.3 Å². The molecule has 2 unspecified atom stereocenters. The zero-order chi connectivity index (χ0) is 21.8. The molecule has 3 heterocycles. The molecule has 2 atom stereocenters. The number of para-hydroxylation sites is 1. The van der Waals surface area contributed by atoms with Crippen molar-refractivity contribution in [1.82, 2.24) is 19.8 Å². The molecule has 6 heteroatoms. The molecule has 0 bridgehead atoms. The molecule has 166 valence electrons. The number of thiocarbonyl (C=S) groups is 1. The second-order valence-electron chi connectivity index (χ2n) is 8.74. The van der Waals surface area contributed by atoms with Gasteiger partial charge in [0.05, 0.1) is 17.8 Å². The van der Waals surface area contributed by atoms with Crippen LogP contribution in [-0.4, -0.2) is 32.7 Å². The molecule has 2 fully saturated rings. The topological polar surface area (TPSA) is 45.1 Å². The number of rotatable bonds is 8. The Balaban J connectivity index is 1.37. The number of pyridine rings is 1. The lowest BCUT2D eigenvalue weighted by molar-refractivity contribution is 0.295. The number of hydrogen-bond donors (Lipinski definition) is 2. The summed E-state index contributed by atoms with van der Waals surface area (Å²) in [5, 5.41) is 7.94. The first kappa shape index (κ1) is 21.0. The smallest absolute Gasteiger partial charge is 0.170 e. The molecule has 1 aromatic carbocycles. The fourth-order valence-electron chi connectivity index (χ4n) is 5.18. The van der Waals surface area contributed by atoms with Crippen LogP contribution in [0.15, 0.2) is 73.1 Å². The zero-order valence-corrected chi connectivity index (χ0v) is 19.2. The van der Waals surface area contributed by atoms with Gasteiger partial charge in [0.25, 0.3) is 0 Å². The lowest BCUT2D eigenvalue weighted by Gasteiger charge is -2.30. The highest BCUT2D eigenvalue weighted by Gasteiger charge is 2.41. The molecule has 5 nitrogen and oxygen atoms in total. The summed E-state index contributed by atoms with van der Waals surface area (Å²) in [5.74, 6) is 0. The molecule has 0 spiro atoms. The Labute approximate surface area is 195 Å². The Bertz CT molecular complexity index is 1010. The predicted octanol–water partition coefficient (Wildman–Crippen LogP) is 5.47. The Morgan fingerprint density at radius 1 is 1.00 bits per heavy atom. The van der Waals surface area contributed by atoms with E-state index in [0.29, 0.717) is 6.04 Å². The molecule has 0 radical (unpaired) electrons. The standard InChI is InChI=1S/C26H31N5S/c32-26-29-24(22-14-6-7-16-28-22)25(23-15-8-18-30(23)21-12-4-5-13-21)31(26)19-9-17-27-20-10-2-1-3-11-20/h1-3,6-8,10-11,14-16,18,21,24-25,27H,4-5,9,12-13,17,19H2,(H,29,32). The van der Waals surface area contributed by atoms with E-state index in [9.17, 15) is 0 Å². The molecule has 2 aromatic heterocycles. The largest absolute Gasteiger partial charge is 0.385 e. The molecule has 5 rings (SSSR count). The summed E-state index contributed by atoms with van der Waals surface area (Å²) in [4.78, 5) is 7.06. The summed E-state index contributed by atoms with van der Waals surface area (Å²) in [6, 6.07) is 21.8. The normalized spacial score (nSPS) is 21.1. The van der Waals surface area contributed by atoms with E-state index < -0.39 is 0 Å². The summed E-state index contributed by atoms with van der Waals surface area (Å²) in [7, 11) is 0. The van der Waals surface area contributed by atoms with Gasteiger partial charge in [0.15, 0.2) is 5.11 Å². The summed E-state index contributed by atoms with van der Waals surface area (Å²) < 4.78 is 2.51. The van der Waals surface area contributed by atoms with Crippen LogP contribution < -0.4 is 10.6 Å². The predicted molar refractivity (Wildman–Crippen MR) is 134 cm³/mol. The van der Waals surface area contributed by atoms with Crippen molar-refractivity contribution in [2.45, 2.75) is 50.2 Å². The molecule has 1 aliphatic heterocycles. The molecular weight excluding hydrogens is 414 g/mol. The average Bonchev–Trinajstić information content (AvgIpc) is 3.58. The SMILES string of the molecule is S=C1NC(c2ccccn2)C(c2cccn2C2CCCC2)N1CCCNc1ccccc1. The Morgan fingerprint density at radius 3 is 2.59 bits per heavy atom. The van der Waals surface area contributed by atoms with Crippen LogP contribution in [0.25, 0.3) is 0 Å². The first-order valence-corrected chi connectivity index (χ1v) is 12.2. The fourth-order valence-corrected chi connectivity index (χ4v) is 5.51. The van der Waals surface area contributed by atoms with Crippen LogP contribution in [0.1, 0.15) is 61.6 Å².